The van der Waals surface area contributed by atoms with E-state index in [1.807, 2.05) is 13.8 Å². The van der Waals surface area contributed by atoms with Crippen LogP contribution >= 0.6 is 0 Å². The minimum absolute atomic E-state index is 0.0202. The molecule has 4 nitrogen and oxygen atoms in total. The van der Waals surface area contributed by atoms with Crippen LogP contribution in [-0.2, 0) is 4.79 Å². The molecule has 0 saturated heterocycles. The van der Waals surface area contributed by atoms with Gasteiger partial charge in [-0.3, -0.25) is 4.79 Å². The third-order valence-electron chi connectivity index (χ3n) is 1.89. The molecule has 0 saturated carbocycles. The van der Waals surface area contributed by atoms with E-state index in [0.29, 0.717) is 12.5 Å². The van der Waals surface area contributed by atoms with Crippen LogP contribution in [0.5, 0.6) is 0 Å². The van der Waals surface area contributed by atoms with Crippen LogP contribution in [0.25, 0.3) is 0 Å². The van der Waals surface area contributed by atoms with Crippen LogP contribution in [-0.4, -0.2) is 29.7 Å². The normalized spacial score (nSPS) is 16.1. The molecular formula is C8H18N2O2. The molecule has 4 heteroatoms. The van der Waals surface area contributed by atoms with Crippen molar-refractivity contribution in [1.29, 1.82) is 0 Å². The van der Waals surface area contributed by atoms with Crippen molar-refractivity contribution in [2.45, 2.75) is 32.9 Å². The average molecular weight is 174 g/mol. The van der Waals surface area contributed by atoms with Gasteiger partial charge in [-0.25, -0.2) is 0 Å². The first-order valence-corrected chi connectivity index (χ1v) is 4.17. The van der Waals surface area contributed by atoms with Crippen LogP contribution in [0.2, 0.25) is 0 Å². The molecule has 0 aromatic carbocycles. The second-order valence-electron chi connectivity index (χ2n) is 3.38. The van der Waals surface area contributed by atoms with E-state index < -0.39 is 12.0 Å². The first-order chi connectivity index (χ1) is 5.45. The van der Waals surface area contributed by atoms with Crippen LogP contribution in [0.15, 0.2) is 0 Å². The lowest BCUT2D eigenvalue weighted by molar-refractivity contribution is -0.139. The molecule has 0 heterocycles. The highest BCUT2D eigenvalue weighted by atomic mass is 16.4. The van der Waals surface area contributed by atoms with E-state index in [4.69, 9.17) is 10.8 Å². The number of carboxylic acids is 1. The topological polar surface area (TPSA) is 75.3 Å². The minimum Gasteiger partial charge on any atom is -0.480 e. The molecule has 4 N–H and O–H groups in total. The lowest BCUT2D eigenvalue weighted by atomic mass is 10.1. The van der Waals surface area contributed by atoms with E-state index in [-0.39, 0.29) is 6.04 Å². The Kier molecular flexibility index (Phi) is 4.85. The largest absolute Gasteiger partial charge is 0.480 e. The Morgan fingerprint density at radius 3 is 2.33 bits per heavy atom. The third-order valence-corrected chi connectivity index (χ3v) is 1.89. The zero-order valence-corrected chi connectivity index (χ0v) is 7.87. The molecule has 0 aliphatic carbocycles. The van der Waals surface area contributed by atoms with Crippen molar-refractivity contribution in [3.05, 3.63) is 0 Å². The summed E-state index contributed by atoms with van der Waals surface area (Å²) in [5.41, 5.74) is 5.71. The monoisotopic (exact) mass is 174 g/mol. The molecule has 0 aromatic heterocycles. The summed E-state index contributed by atoms with van der Waals surface area (Å²) in [4.78, 5) is 10.4. The fraction of sp³-hybridized carbons (Fsp3) is 0.875. The van der Waals surface area contributed by atoms with Gasteiger partial charge in [0.1, 0.15) is 6.04 Å². The zero-order valence-electron chi connectivity index (χ0n) is 7.87. The van der Waals surface area contributed by atoms with E-state index >= 15 is 0 Å². The standard InChI is InChI=1S/C8H18N2O2/c1-5(2)7(9)4-10-6(3)8(11)12/h5-7,10H,4,9H2,1-3H3,(H,11,12)/t6-,7?/m0/s1. The molecule has 0 spiro atoms. The second-order valence-corrected chi connectivity index (χ2v) is 3.38. The van der Waals surface area contributed by atoms with Crippen LogP contribution in [0.3, 0.4) is 0 Å². The van der Waals surface area contributed by atoms with E-state index in [9.17, 15) is 4.79 Å². The van der Waals surface area contributed by atoms with E-state index in [1.165, 1.54) is 0 Å². The molecule has 12 heavy (non-hydrogen) atoms. The number of aliphatic carboxylic acids is 1. The Morgan fingerprint density at radius 2 is 2.00 bits per heavy atom. The van der Waals surface area contributed by atoms with Gasteiger partial charge in [-0.15, -0.1) is 0 Å². The SMILES string of the molecule is CC(C)C(N)CN[C@@H](C)C(=O)O. The number of carbonyl (C=O) groups is 1. The Bertz CT molecular complexity index is 148. The van der Waals surface area contributed by atoms with E-state index in [0.717, 1.165) is 0 Å². The fourth-order valence-electron chi connectivity index (χ4n) is 0.636. The maximum absolute atomic E-state index is 10.4. The predicted octanol–water partition coefficient (Wildman–Crippen LogP) is 0.0324. The molecule has 0 aromatic rings. The van der Waals surface area contributed by atoms with Crippen molar-refractivity contribution in [2.24, 2.45) is 11.7 Å². The van der Waals surface area contributed by atoms with Gasteiger partial charge in [0.25, 0.3) is 0 Å². The van der Waals surface area contributed by atoms with Gasteiger partial charge in [0.15, 0.2) is 0 Å². The van der Waals surface area contributed by atoms with Crippen molar-refractivity contribution >= 4 is 5.97 Å². The second kappa shape index (κ2) is 5.11. The van der Waals surface area contributed by atoms with Gasteiger partial charge in [0.2, 0.25) is 0 Å². The van der Waals surface area contributed by atoms with Crippen LogP contribution in [0, 0.1) is 5.92 Å². The van der Waals surface area contributed by atoms with Crippen molar-refractivity contribution in [3.8, 4) is 0 Å². The molecule has 0 amide bonds. The van der Waals surface area contributed by atoms with Crippen molar-refractivity contribution in [1.82, 2.24) is 5.32 Å². The van der Waals surface area contributed by atoms with Crippen molar-refractivity contribution in [3.63, 3.8) is 0 Å². The highest BCUT2D eigenvalue weighted by molar-refractivity contribution is 5.72. The predicted molar refractivity (Wildman–Crippen MR) is 47.9 cm³/mol. The van der Waals surface area contributed by atoms with Gasteiger partial charge < -0.3 is 16.2 Å². The molecule has 0 aliphatic heterocycles. The maximum Gasteiger partial charge on any atom is 0.320 e. The highest BCUT2D eigenvalue weighted by Gasteiger charge is 2.13. The quantitative estimate of drug-likeness (QED) is 0.550. The summed E-state index contributed by atoms with van der Waals surface area (Å²) < 4.78 is 0. The van der Waals surface area contributed by atoms with Gasteiger partial charge in [-0.2, -0.15) is 0 Å². The fourth-order valence-corrected chi connectivity index (χ4v) is 0.636. The first-order valence-electron chi connectivity index (χ1n) is 4.17. The molecule has 0 bridgehead atoms. The minimum atomic E-state index is -0.842. The summed E-state index contributed by atoms with van der Waals surface area (Å²) in [5, 5.41) is 11.4. The maximum atomic E-state index is 10.4. The van der Waals surface area contributed by atoms with Gasteiger partial charge in [0, 0.05) is 12.6 Å². The smallest absolute Gasteiger partial charge is 0.320 e. The summed E-state index contributed by atoms with van der Waals surface area (Å²) in [6.45, 7) is 6.18. The first kappa shape index (κ1) is 11.4. The zero-order chi connectivity index (χ0) is 9.72. The number of hydrogen-bond acceptors (Lipinski definition) is 3. The average Bonchev–Trinajstić information content (AvgIpc) is 1.98. The summed E-state index contributed by atoms with van der Waals surface area (Å²) >= 11 is 0. The van der Waals surface area contributed by atoms with E-state index in [1.54, 1.807) is 6.92 Å². The number of carboxylic acid groups (broad SMARTS) is 1. The summed E-state index contributed by atoms with van der Waals surface area (Å²) in [6, 6.07) is -0.499. The van der Waals surface area contributed by atoms with Gasteiger partial charge in [-0.1, -0.05) is 13.8 Å². The lowest BCUT2D eigenvalue weighted by Crippen LogP contribution is -2.44. The summed E-state index contributed by atoms with van der Waals surface area (Å²) in [6.07, 6.45) is 0. The molecule has 72 valence electrons. The summed E-state index contributed by atoms with van der Waals surface area (Å²) in [5.74, 6) is -0.468. The highest BCUT2D eigenvalue weighted by Crippen LogP contribution is 1.96. The molecule has 0 radical (unpaired) electrons. The number of nitrogens with two attached hydrogens (primary N) is 1. The summed E-state index contributed by atoms with van der Waals surface area (Å²) in [7, 11) is 0. The Hall–Kier alpha value is -0.610. The van der Waals surface area contributed by atoms with Crippen molar-refractivity contribution in [2.75, 3.05) is 6.54 Å². The number of hydrogen-bond donors (Lipinski definition) is 3. The molecule has 2 atom stereocenters. The molecule has 0 fully saturated rings. The van der Waals surface area contributed by atoms with Crippen LogP contribution in [0.1, 0.15) is 20.8 Å². The van der Waals surface area contributed by atoms with Crippen LogP contribution < -0.4 is 11.1 Å². The Labute approximate surface area is 73.1 Å². The molecule has 0 rings (SSSR count). The number of rotatable bonds is 5. The number of nitrogens with one attached hydrogen (secondary N) is 1. The van der Waals surface area contributed by atoms with E-state index in [2.05, 4.69) is 5.32 Å². The third kappa shape index (κ3) is 4.31. The molecular weight excluding hydrogens is 156 g/mol. The molecule has 1 unspecified atom stereocenters. The van der Waals surface area contributed by atoms with Crippen molar-refractivity contribution < 1.29 is 9.90 Å². The van der Waals surface area contributed by atoms with Crippen LogP contribution in [0.4, 0.5) is 0 Å². The molecule has 0 aliphatic rings. The van der Waals surface area contributed by atoms with Gasteiger partial charge >= 0.3 is 5.97 Å². The lowest BCUT2D eigenvalue weighted by Gasteiger charge is -2.17. The Morgan fingerprint density at radius 1 is 1.50 bits per heavy atom. The Balaban J connectivity index is 3.61. The van der Waals surface area contributed by atoms with Gasteiger partial charge in [0.05, 0.1) is 0 Å². The van der Waals surface area contributed by atoms with Gasteiger partial charge in [-0.05, 0) is 12.8 Å².